The molecule has 0 saturated heterocycles. The van der Waals surface area contributed by atoms with Gasteiger partial charge in [0, 0.05) is 11.8 Å². The molecule has 0 atom stereocenters. The van der Waals surface area contributed by atoms with E-state index in [9.17, 15) is 14.4 Å². The summed E-state index contributed by atoms with van der Waals surface area (Å²) in [6.07, 6.45) is 1.30. The van der Waals surface area contributed by atoms with Crippen LogP contribution in [0, 0.1) is 13.8 Å². The lowest BCUT2D eigenvalue weighted by atomic mass is 10.1. The first-order valence-electron chi connectivity index (χ1n) is 7.17. The normalized spacial score (nSPS) is 10.3. The molecule has 0 unspecified atom stereocenters. The van der Waals surface area contributed by atoms with Crippen LogP contribution in [0.5, 0.6) is 0 Å². The van der Waals surface area contributed by atoms with Gasteiger partial charge < -0.3 is 24.3 Å². The van der Waals surface area contributed by atoms with Crippen LogP contribution in [0.2, 0.25) is 0 Å². The number of rotatable bonds is 6. The van der Waals surface area contributed by atoms with Gasteiger partial charge in [-0.2, -0.15) is 0 Å². The second-order valence-corrected chi connectivity index (χ2v) is 4.85. The number of H-pyrrole nitrogens is 1. The minimum absolute atomic E-state index is 0.102. The predicted molar refractivity (Wildman–Crippen MR) is 81.6 cm³/mol. The molecule has 1 amide bonds. The summed E-state index contributed by atoms with van der Waals surface area (Å²) in [6.45, 7) is 4.66. The fraction of sp³-hybridized carbons (Fsp3) is 0.333. The molecule has 0 fully saturated rings. The number of aryl methyl sites for hydroxylation is 1. The SMILES string of the molecule is CCOC(=O)c1c(C)[nH]c(C(=O)OCC(=O)Nc2ccon2)c1C. The van der Waals surface area contributed by atoms with Crippen LogP contribution in [-0.4, -0.2) is 41.2 Å². The van der Waals surface area contributed by atoms with Crippen LogP contribution in [0.25, 0.3) is 0 Å². The molecule has 0 aliphatic heterocycles. The summed E-state index contributed by atoms with van der Waals surface area (Å²) in [7, 11) is 0. The van der Waals surface area contributed by atoms with E-state index in [4.69, 9.17) is 9.47 Å². The summed E-state index contributed by atoms with van der Waals surface area (Å²) >= 11 is 0. The van der Waals surface area contributed by atoms with Crippen LogP contribution in [0.1, 0.15) is 39.0 Å². The Morgan fingerprint density at radius 2 is 2.00 bits per heavy atom. The average Bonchev–Trinajstić information content (AvgIpc) is 3.13. The van der Waals surface area contributed by atoms with Crippen LogP contribution in [0.4, 0.5) is 5.82 Å². The minimum atomic E-state index is -0.749. The molecule has 2 aromatic rings. The zero-order chi connectivity index (χ0) is 17.7. The monoisotopic (exact) mass is 335 g/mol. The van der Waals surface area contributed by atoms with E-state index in [-0.39, 0.29) is 23.7 Å². The fourth-order valence-electron chi connectivity index (χ4n) is 2.12. The number of aromatic amines is 1. The highest BCUT2D eigenvalue weighted by Gasteiger charge is 2.24. The Kier molecular flexibility index (Phi) is 5.35. The smallest absolute Gasteiger partial charge is 0.355 e. The summed E-state index contributed by atoms with van der Waals surface area (Å²) in [6, 6.07) is 1.45. The number of carbonyl (C=O) groups excluding carboxylic acids is 3. The summed E-state index contributed by atoms with van der Waals surface area (Å²) in [5.74, 6) is -1.62. The molecule has 0 aromatic carbocycles. The van der Waals surface area contributed by atoms with Crippen molar-refractivity contribution in [3.8, 4) is 0 Å². The van der Waals surface area contributed by atoms with Gasteiger partial charge >= 0.3 is 11.9 Å². The van der Waals surface area contributed by atoms with Crippen molar-refractivity contribution in [2.75, 3.05) is 18.5 Å². The quantitative estimate of drug-likeness (QED) is 0.768. The predicted octanol–water partition coefficient (Wildman–Crippen LogP) is 1.59. The number of esters is 2. The molecule has 2 aromatic heterocycles. The molecule has 2 N–H and O–H groups in total. The lowest BCUT2D eigenvalue weighted by Gasteiger charge is -2.05. The third-order valence-electron chi connectivity index (χ3n) is 3.16. The van der Waals surface area contributed by atoms with Gasteiger partial charge in [-0.05, 0) is 26.3 Å². The standard InChI is InChI=1S/C15H17N3O6/c1-4-22-14(20)12-8(2)13(16-9(12)3)15(21)23-7-11(19)17-10-5-6-24-18-10/h5-6,16H,4,7H2,1-3H3,(H,17,18,19). The Hall–Kier alpha value is -3.10. The molecule has 0 aliphatic rings. The van der Waals surface area contributed by atoms with Crippen LogP contribution in [-0.2, 0) is 14.3 Å². The molecule has 2 rings (SSSR count). The molecule has 0 spiro atoms. The van der Waals surface area contributed by atoms with Crippen molar-refractivity contribution >= 4 is 23.7 Å². The van der Waals surface area contributed by atoms with Crippen molar-refractivity contribution < 1.29 is 28.4 Å². The summed E-state index contributed by atoms with van der Waals surface area (Å²) < 4.78 is 14.4. The first-order valence-corrected chi connectivity index (χ1v) is 7.17. The van der Waals surface area contributed by atoms with E-state index in [1.807, 2.05) is 0 Å². The molecular formula is C15H17N3O6. The lowest BCUT2D eigenvalue weighted by molar-refractivity contribution is -0.119. The molecule has 2 heterocycles. The van der Waals surface area contributed by atoms with Crippen molar-refractivity contribution in [2.24, 2.45) is 0 Å². The summed E-state index contributed by atoms with van der Waals surface area (Å²) in [5.41, 5.74) is 1.29. The van der Waals surface area contributed by atoms with Crippen molar-refractivity contribution in [1.29, 1.82) is 0 Å². The van der Waals surface area contributed by atoms with E-state index >= 15 is 0 Å². The van der Waals surface area contributed by atoms with E-state index in [0.29, 0.717) is 11.3 Å². The zero-order valence-corrected chi connectivity index (χ0v) is 13.5. The Morgan fingerprint density at radius 1 is 1.25 bits per heavy atom. The third-order valence-corrected chi connectivity index (χ3v) is 3.16. The number of hydrogen-bond donors (Lipinski definition) is 2. The van der Waals surface area contributed by atoms with Gasteiger partial charge in [0.1, 0.15) is 12.0 Å². The number of anilines is 1. The average molecular weight is 335 g/mol. The second kappa shape index (κ2) is 7.44. The van der Waals surface area contributed by atoms with Crippen LogP contribution < -0.4 is 5.32 Å². The molecule has 9 nitrogen and oxygen atoms in total. The third kappa shape index (κ3) is 3.80. The molecule has 0 radical (unpaired) electrons. The first kappa shape index (κ1) is 17.3. The Labute approximate surface area is 137 Å². The Morgan fingerprint density at radius 3 is 2.62 bits per heavy atom. The number of nitrogens with one attached hydrogen (secondary N) is 2. The van der Waals surface area contributed by atoms with Crippen molar-refractivity contribution in [3.05, 3.63) is 34.8 Å². The van der Waals surface area contributed by atoms with Crippen molar-refractivity contribution in [2.45, 2.75) is 20.8 Å². The van der Waals surface area contributed by atoms with Gasteiger partial charge in [0.15, 0.2) is 12.4 Å². The Balaban J connectivity index is 2.01. The highest BCUT2D eigenvalue weighted by atomic mass is 16.5. The maximum absolute atomic E-state index is 12.1. The van der Waals surface area contributed by atoms with Gasteiger partial charge in [-0.15, -0.1) is 0 Å². The van der Waals surface area contributed by atoms with Crippen molar-refractivity contribution in [1.82, 2.24) is 10.1 Å². The van der Waals surface area contributed by atoms with E-state index in [1.54, 1.807) is 20.8 Å². The van der Waals surface area contributed by atoms with Gasteiger partial charge in [0.05, 0.1) is 12.2 Å². The Bertz CT molecular complexity index is 748. The lowest BCUT2D eigenvalue weighted by Crippen LogP contribution is -2.21. The van der Waals surface area contributed by atoms with Gasteiger partial charge in [0.2, 0.25) is 0 Å². The van der Waals surface area contributed by atoms with Gasteiger partial charge in [-0.25, -0.2) is 9.59 Å². The largest absolute Gasteiger partial charge is 0.462 e. The number of aromatic nitrogens is 2. The number of carbonyl (C=O) groups is 3. The topological polar surface area (TPSA) is 124 Å². The molecule has 128 valence electrons. The summed E-state index contributed by atoms with van der Waals surface area (Å²) in [5, 5.41) is 5.89. The number of amides is 1. The van der Waals surface area contributed by atoms with Crippen molar-refractivity contribution in [3.63, 3.8) is 0 Å². The molecule has 24 heavy (non-hydrogen) atoms. The zero-order valence-electron chi connectivity index (χ0n) is 13.5. The summed E-state index contributed by atoms with van der Waals surface area (Å²) in [4.78, 5) is 38.4. The fourth-order valence-corrected chi connectivity index (χ4v) is 2.12. The van der Waals surface area contributed by atoms with Gasteiger partial charge in [0.25, 0.3) is 5.91 Å². The molecule has 0 saturated carbocycles. The van der Waals surface area contributed by atoms with Gasteiger partial charge in [-0.1, -0.05) is 5.16 Å². The highest BCUT2D eigenvalue weighted by Crippen LogP contribution is 2.19. The van der Waals surface area contributed by atoms with E-state index in [2.05, 4.69) is 20.0 Å². The second-order valence-electron chi connectivity index (χ2n) is 4.85. The van der Waals surface area contributed by atoms with Crippen LogP contribution >= 0.6 is 0 Å². The van der Waals surface area contributed by atoms with E-state index in [0.717, 1.165) is 0 Å². The van der Waals surface area contributed by atoms with E-state index in [1.165, 1.54) is 12.3 Å². The van der Waals surface area contributed by atoms with E-state index < -0.39 is 24.5 Å². The number of hydrogen-bond acceptors (Lipinski definition) is 7. The molecular weight excluding hydrogens is 318 g/mol. The number of ether oxygens (including phenoxy) is 2. The maximum Gasteiger partial charge on any atom is 0.355 e. The first-order chi connectivity index (χ1) is 11.4. The van der Waals surface area contributed by atoms with Gasteiger partial charge in [-0.3, -0.25) is 4.79 Å². The number of nitrogens with zero attached hydrogens (tertiary/aromatic N) is 1. The molecule has 0 aliphatic carbocycles. The maximum atomic E-state index is 12.1. The molecule has 9 heteroatoms. The molecule has 0 bridgehead atoms. The van der Waals surface area contributed by atoms with Crippen LogP contribution in [0.15, 0.2) is 16.9 Å². The highest BCUT2D eigenvalue weighted by molar-refractivity contribution is 5.99. The minimum Gasteiger partial charge on any atom is -0.462 e. The van der Waals surface area contributed by atoms with Crippen LogP contribution in [0.3, 0.4) is 0 Å².